The average molecular weight is 555 g/mol. The van der Waals surface area contributed by atoms with Gasteiger partial charge >= 0.3 is 83.8 Å². The van der Waals surface area contributed by atoms with Gasteiger partial charge in [0.2, 0.25) is 0 Å². The molecule has 8 heavy (non-hydrogen) atoms. The van der Waals surface area contributed by atoms with E-state index in [-0.39, 0.29) is 158 Å². The van der Waals surface area contributed by atoms with Crippen molar-refractivity contribution in [3.8, 4) is 0 Å². The van der Waals surface area contributed by atoms with Gasteiger partial charge in [-0.15, -0.1) is 0 Å². The first-order valence-electron chi connectivity index (χ1n) is 0. The molecule has 8 heteroatoms. The second-order valence-corrected chi connectivity index (χ2v) is 0. The van der Waals surface area contributed by atoms with Crippen molar-refractivity contribution in [2.75, 3.05) is 0 Å². The standard InChI is InChI=1S/6ClH.Tm.Yb/h6*1H;;/q;;;;;;2*+3/p-6. The van der Waals surface area contributed by atoms with E-state index in [2.05, 4.69) is 0 Å². The van der Waals surface area contributed by atoms with E-state index in [1.54, 1.807) is 0 Å². The minimum Gasteiger partial charge on any atom is -1.00 e. The zero-order valence-electron chi connectivity index (χ0n) is 2.81. The fourth-order valence-electron chi connectivity index (χ4n) is 0. The molecule has 0 N–H and O–H groups in total. The topological polar surface area (TPSA) is 0 Å². The smallest absolute Gasteiger partial charge is 1.00 e. The molecular weight excluding hydrogens is 555 g/mol. The van der Waals surface area contributed by atoms with Crippen LogP contribution in [0.25, 0.3) is 0 Å². The fourth-order valence-corrected chi connectivity index (χ4v) is 0. The van der Waals surface area contributed by atoms with Gasteiger partial charge in [-0.25, -0.2) is 0 Å². The van der Waals surface area contributed by atoms with Crippen molar-refractivity contribution in [1.29, 1.82) is 0 Å². The molecule has 0 nitrogen and oxygen atoms in total. The summed E-state index contributed by atoms with van der Waals surface area (Å²) in [4.78, 5) is 0. The maximum absolute atomic E-state index is 0. The summed E-state index contributed by atoms with van der Waals surface area (Å²) in [5.74, 6) is 0. The Morgan fingerprint density at radius 3 is 0.375 bits per heavy atom. The Balaban J connectivity index is 0. The Kier molecular flexibility index (Phi) is 640. The molecule has 0 atom stereocenters. The number of rotatable bonds is 0. The summed E-state index contributed by atoms with van der Waals surface area (Å²) in [6.45, 7) is 0. The molecule has 0 saturated carbocycles. The SMILES string of the molecule is [Cl-].[Cl-].[Cl-].[Cl-].[Cl-].[Cl-].[Tm+3].[Yb+3]. The van der Waals surface area contributed by atoms with Crippen LogP contribution in [-0.2, 0) is 0 Å². The zero-order chi connectivity index (χ0) is 0. The molecule has 0 aliphatic carbocycles. The van der Waals surface area contributed by atoms with Crippen molar-refractivity contribution < 1.29 is 158 Å². The van der Waals surface area contributed by atoms with Crippen LogP contribution in [0.15, 0.2) is 0 Å². The Labute approximate surface area is 154 Å². The monoisotopic (exact) mass is 553 g/mol. The molecule has 0 aromatic rings. The summed E-state index contributed by atoms with van der Waals surface area (Å²) in [6, 6.07) is 0. The first-order chi connectivity index (χ1) is 0. The van der Waals surface area contributed by atoms with E-state index in [4.69, 9.17) is 0 Å². The fraction of sp³-hybridized carbons (Fsp3) is 0. The molecule has 0 fully saturated rings. The van der Waals surface area contributed by atoms with E-state index in [0.29, 0.717) is 0 Å². The quantitative estimate of drug-likeness (QED) is 0.279. The first kappa shape index (κ1) is 81.7. The van der Waals surface area contributed by atoms with E-state index in [1.165, 1.54) is 0 Å². The van der Waals surface area contributed by atoms with Crippen LogP contribution in [0.5, 0.6) is 0 Å². The van der Waals surface area contributed by atoms with Crippen LogP contribution in [0.2, 0.25) is 0 Å². The van der Waals surface area contributed by atoms with Crippen LogP contribution in [0, 0.1) is 83.8 Å². The van der Waals surface area contributed by atoms with Crippen LogP contribution in [-0.4, -0.2) is 0 Å². The van der Waals surface area contributed by atoms with Crippen molar-refractivity contribution >= 4 is 0 Å². The predicted octanol–water partition coefficient (Wildman–Crippen LogP) is -18.0. The summed E-state index contributed by atoms with van der Waals surface area (Å²) >= 11 is 0. The predicted molar refractivity (Wildman–Crippen MR) is 0 cm³/mol. The third-order valence-corrected chi connectivity index (χ3v) is 0. The van der Waals surface area contributed by atoms with E-state index in [1.807, 2.05) is 0 Å². The minimum atomic E-state index is 0. The molecule has 0 spiro atoms. The van der Waals surface area contributed by atoms with Crippen molar-refractivity contribution in [3.05, 3.63) is 0 Å². The summed E-state index contributed by atoms with van der Waals surface area (Å²) in [5, 5.41) is 0. The third-order valence-electron chi connectivity index (χ3n) is 0. The molecule has 0 saturated heterocycles. The van der Waals surface area contributed by atoms with Gasteiger partial charge < -0.3 is 74.4 Å². The van der Waals surface area contributed by atoms with Gasteiger partial charge in [-0.2, -0.15) is 0 Å². The van der Waals surface area contributed by atoms with Gasteiger partial charge in [-0.1, -0.05) is 0 Å². The van der Waals surface area contributed by atoms with Gasteiger partial charge in [0.05, 0.1) is 0 Å². The van der Waals surface area contributed by atoms with Crippen LogP contribution < -0.4 is 74.4 Å². The third kappa shape index (κ3) is 46.8. The van der Waals surface area contributed by atoms with Gasteiger partial charge in [-0.3, -0.25) is 0 Å². The largest absolute Gasteiger partial charge is 3.00 e. The van der Waals surface area contributed by atoms with E-state index >= 15 is 0 Å². The van der Waals surface area contributed by atoms with E-state index in [0.717, 1.165) is 0 Å². The molecule has 0 aliphatic rings. The normalized spacial score (nSPS) is 0. The van der Waals surface area contributed by atoms with Gasteiger partial charge in [-0.05, 0) is 0 Å². The Bertz CT molecular complexity index is 8.49. The van der Waals surface area contributed by atoms with Gasteiger partial charge in [0, 0.05) is 0 Å². The summed E-state index contributed by atoms with van der Waals surface area (Å²) < 4.78 is 0. The second-order valence-electron chi connectivity index (χ2n) is 0. The summed E-state index contributed by atoms with van der Waals surface area (Å²) in [5.41, 5.74) is 0. The van der Waals surface area contributed by atoms with E-state index < -0.39 is 0 Å². The average Bonchev–Trinajstić information content (AvgIpc) is 0. The molecule has 0 bridgehead atoms. The molecule has 0 aromatic carbocycles. The molecule has 0 aromatic heterocycles. The molecular formula is Cl6TmYb. The van der Waals surface area contributed by atoms with Crippen LogP contribution in [0.1, 0.15) is 0 Å². The molecule has 0 amide bonds. The number of halogens is 6. The van der Waals surface area contributed by atoms with Gasteiger partial charge in [0.15, 0.2) is 0 Å². The molecule has 0 rings (SSSR count). The molecule has 0 heterocycles. The first-order valence-corrected chi connectivity index (χ1v) is 0. The summed E-state index contributed by atoms with van der Waals surface area (Å²) in [6.07, 6.45) is 0. The van der Waals surface area contributed by atoms with E-state index in [9.17, 15) is 0 Å². The molecule has 69 valence electrons. The number of hydrogen-bond donors (Lipinski definition) is 0. The van der Waals surface area contributed by atoms with Crippen molar-refractivity contribution in [2.24, 2.45) is 0 Å². The Morgan fingerprint density at radius 1 is 0.375 bits per heavy atom. The summed E-state index contributed by atoms with van der Waals surface area (Å²) in [7, 11) is 0. The van der Waals surface area contributed by atoms with Gasteiger partial charge in [0.1, 0.15) is 0 Å². The van der Waals surface area contributed by atoms with Gasteiger partial charge in [0.25, 0.3) is 0 Å². The minimum absolute atomic E-state index is 0. The Morgan fingerprint density at radius 2 is 0.375 bits per heavy atom. The van der Waals surface area contributed by atoms with Crippen molar-refractivity contribution in [2.45, 2.75) is 0 Å². The van der Waals surface area contributed by atoms with Crippen molar-refractivity contribution in [3.63, 3.8) is 0 Å². The molecule has 1 radical (unpaired) electrons. The Hall–Kier alpha value is 4.49. The molecule has 0 unspecified atom stereocenters. The maximum atomic E-state index is 0. The number of hydrogen-bond acceptors (Lipinski definition) is 0. The second kappa shape index (κ2) is 62.7. The van der Waals surface area contributed by atoms with Crippen LogP contribution >= 0.6 is 0 Å². The van der Waals surface area contributed by atoms with Crippen LogP contribution in [0.4, 0.5) is 0 Å². The zero-order valence-corrected chi connectivity index (χ0v) is 10.8. The van der Waals surface area contributed by atoms with Crippen molar-refractivity contribution in [1.82, 2.24) is 0 Å². The maximum Gasteiger partial charge on any atom is 3.00 e. The molecule has 0 aliphatic heterocycles. The van der Waals surface area contributed by atoms with Crippen LogP contribution in [0.3, 0.4) is 0 Å².